The Bertz CT molecular complexity index is 574. The number of fused-ring (bicyclic) bond motifs is 1. The van der Waals surface area contributed by atoms with Crippen molar-refractivity contribution in [2.45, 2.75) is 12.5 Å². The number of nitrogens with two attached hydrogens (primary N) is 1. The van der Waals surface area contributed by atoms with E-state index in [1.807, 2.05) is 36.4 Å². The molecule has 1 unspecified atom stereocenters. The van der Waals surface area contributed by atoms with Gasteiger partial charge in [-0.2, -0.15) is 0 Å². The van der Waals surface area contributed by atoms with Gasteiger partial charge < -0.3 is 10.8 Å². The fourth-order valence-corrected chi connectivity index (χ4v) is 2.30. The van der Waals surface area contributed by atoms with Gasteiger partial charge in [0.15, 0.2) is 0 Å². The van der Waals surface area contributed by atoms with Crippen LogP contribution in [0.1, 0.15) is 5.56 Å². The van der Waals surface area contributed by atoms with Crippen LogP contribution in [0.4, 0.5) is 0 Å². The fraction of sp³-hybridized carbons (Fsp3) is 0.154. The fourth-order valence-electron chi connectivity index (χ4n) is 1.83. The largest absolute Gasteiger partial charge is 0.480 e. The molecule has 0 aliphatic carbocycles. The van der Waals surface area contributed by atoms with Crippen molar-refractivity contribution in [1.82, 2.24) is 0 Å². The van der Waals surface area contributed by atoms with Gasteiger partial charge in [0, 0.05) is 4.47 Å². The van der Waals surface area contributed by atoms with E-state index < -0.39 is 12.0 Å². The van der Waals surface area contributed by atoms with E-state index in [1.54, 1.807) is 0 Å². The number of aliphatic carboxylic acids is 1. The van der Waals surface area contributed by atoms with Gasteiger partial charge in [0.1, 0.15) is 6.04 Å². The lowest BCUT2D eigenvalue weighted by Gasteiger charge is -2.10. The van der Waals surface area contributed by atoms with Gasteiger partial charge in [0.25, 0.3) is 0 Å². The minimum atomic E-state index is -0.975. The zero-order valence-electron chi connectivity index (χ0n) is 9.47. The third kappa shape index (κ3) is 3.02. The predicted molar refractivity (Wildman–Crippen MR) is 78.2 cm³/mol. The summed E-state index contributed by atoms with van der Waals surface area (Å²) in [5, 5.41) is 10.9. The van der Waals surface area contributed by atoms with Crippen molar-refractivity contribution in [3.05, 3.63) is 46.4 Å². The van der Waals surface area contributed by atoms with Crippen LogP contribution < -0.4 is 5.73 Å². The zero-order valence-corrected chi connectivity index (χ0v) is 11.9. The molecule has 1 atom stereocenters. The van der Waals surface area contributed by atoms with Crippen molar-refractivity contribution in [3.8, 4) is 0 Å². The Kier molecular flexibility index (Phi) is 5.14. The van der Waals surface area contributed by atoms with E-state index in [2.05, 4.69) is 15.9 Å². The van der Waals surface area contributed by atoms with E-state index in [0.717, 1.165) is 20.8 Å². The van der Waals surface area contributed by atoms with Crippen LogP contribution in [0.5, 0.6) is 0 Å². The Morgan fingerprint density at radius 3 is 2.44 bits per heavy atom. The van der Waals surface area contributed by atoms with Gasteiger partial charge in [-0.25, -0.2) is 0 Å². The van der Waals surface area contributed by atoms with E-state index in [4.69, 9.17) is 10.8 Å². The predicted octanol–water partition coefficient (Wildman–Crippen LogP) is 2.98. The number of benzene rings is 2. The SMILES string of the molecule is Cl.NC(Cc1ccc(Br)c2ccccc12)C(=O)O. The van der Waals surface area contributed by atoms with Crippen LogP contribution in [0.3, 0.4) is 0 Å². The molecular weight excluding hydrogens is 318 g/mol. The first-order valence-corrected chi connectivity index (χ1v) is 6.03. The molecule has 96 valence electrons. The lowest BCUT2D eigenvalue weighted by molar-refractivity contribution is -0.138. The second-order valence-corrected chi connectivity index (χ2v) is 4.76. The van der Waals surface area contributed by atoms with Gasteiger partial charge in [0.05, 0.1) is 0 Å². The Hall–Kier alpha value is -1.10. The maximum absolute atomic E-state index is 10.8. The first kappa shape index (κ1) is 15.0. The van der Waals surface area contributed by atoms with Crippen molar-refractivity contribution in [2.24, 2.45) is 5.73 Å². The number of hydrogen-bond acceptors (Lipinski definition) is 2. The van der Waals surface area contributed by atoms with Crippen LogP contribution in [0.2, 0.25) is 0 Å². The number of carbonyl (C=O) groups is 1. The molecule has 0 spiro atoms. The van der Waals surface area contributed by atoms with Gasteiger partial charge in [-0.15, -0.1) is 12.4 Å². The highest BCUT2D eigenvalue weighted by Crippen LogP contribution is 2.27. The normalized spacial score (nSPS) is 11.9. The molecule has 5 heteroatoms. The second-order valence-electron chi connectivity index (χ2n) is 3.90. The van der Waals surface area contributed by atoms with Crippen LogP contribution in [0, 0.1) is 0 Å². The Morgan fingerprint density at radius 1 is 1.22 bits per heavy atom. The lowest BCUT2D eigenvalue weighted by atomic mass is 9.99. The van der Waals surface area contributed by atoms with Crippen molar-refractivity contribution < 1.29 is 9.90 Å². The summed E-state index contributed by atoms with van der Waals surface area (Å²) in [4.78, 5) is 10.8. The summed E-state index contributed by atoms with van der Waals surface area (Å²) < 4.78 is 1.00. The van der Waals surface area contributed by atoms with Gasteiger partial charge in [0.2, 0.25) is 0 Å². The van der Waals surface area contributed by atoms with Crippen molar-refractivity contribution in [1.29, 1.82) is 0 Å². The van der Waals surface area contributed by atoms with E-state index in [1.165, 1.54) is 0 Å². The standard InChI is InChI=1S/C13H12BrNO2.ClH/c14-11-6-5-8(7-12(15)13(16)17)9-3-1-2-4-10(9)11;/h1-6,12H,7,15H2,(H,16,17);1H. The highest BCUT2D eigenvalue weighted by molar-refractivity contribution is 9.10. The van der Waals surface area contributed by atoms with E-state index in [-0.39, 0.29) is 12.4 Å². The molecule has 0 fully saturated rings. The first-order valence-electron chi connectivity index (χ1n) is 5.24. The van der Waals surface area contributed by atoms with E-state index in [9.17, 15) is 4.79 Å². The van der Waals surface area contributed by atoms with Crippen LogP contribution in [0.15, 0.2) is 40.9 Å². The zero-order chi connectivity index (χ0) is 12.4. The van der Waals surface area contributed by atoms with Crippen LogP contribution in [-0.4, -0.2) is 17.1 Å². The molecule has 18 heavy (non-hydrogen) atoms. The summed E-state index contributed by atoms with van der Waals surface area (Å²) in [6, 6.07) is 10.8. The molecule has 2 aromatic carbocycles. The molecule has 0 aliphatic heterocycles. The topological polar surface area (TPSA) is 63.3 Å². The molecule has 0 saturated carbocycles. The highest BCUT2D eigenvalue weighted by Gasteiger charge is 2.14. The molecule has 0 heterocycles. The molecule has 0 bridgehead atoms. The first-order chi connectivity index (χ1) is 8.09. The van der Waals surface area contributed by atoms with Crippen LogP contribution in [0.25, 0.3) is 10.8 Å². The van der Waals surface area contributed by atoms with Crippen LogP contribution in [-0.2, 0) is 11.2 Å². The summed E-state index contributed by atoms with van der Waals surface area (Å²) in [6.45, 7) is 0. The average molecular weight is 331 g/mol. The Balaban J connectivity index is 0.00000162. The number of carboxylic acids is 1. The number of halogens is 2. The number of carboxylic acid groups (broad SMARTS) is 1. The summed E-state index contributed by atoms with van der Waals surface area (Å²) in [7, 11) is 0. The quantitative estimate of drug-likeness (QED) is 0.909. The number of rotatable bonds is 3. The van der Waals surface area contributed by atoms with E-state index in [0.29, 0.717) is 6.42 Å². The Labute approximate surface area is 120 Å². The smallest absolute Gasteiger partial charge is 0.320 e. The minimum Gasteiger partial charge on any atom is -0.480 e. The van der Waals surface area contributed by atoms with Crippen molar-refractivity contribution >= 4 is 45.1 Å². The molecular formula is C13H13BrClNO2. The lowest BCUT2D eigenvalue weighted by Crippen LogP contribution is -2.32. The average Bonchev–Trinajstić information content (AvgIpc) is 2.33. The van der Waals surface area contributed by atoms with Crippen molar-refractivity contribution in [3.63, 3.8) is 0 Å². The van der Waals surface area contributed by atoms with Crippen LogP contribution >= 0.6 is 28.3 Å². The summed E-state index contributed by atoms with van der Waals surface area (Å²) in [6.07, 6.45) is 0.336. The summed E-state index contributed by atoms with van der Waals surface area (Å²) in [5.41, 5.74) is 6.52. The Morgan fingerprint density at radius 2 is 1.83 bits per heavy atom. The van der Waals surface area contributed by atoms with Gasteiger partial charge in [-0.05, 0) is 28.8 Å². The maximum Gasteiger partial charge on any atom is 0.320 e. The number of hydrogen-bond donors (Lipinski definition) is 2. The molecule has 3 N–H and O–H groups in total. The maximum atomic E-state index is 10.8. The van der Waals surface area contributed by atoms with Crippen molar-refractivity contribution in [2.75, 3.05) is 0 Å². The third-order valence-electron chi connectivity index (χ3n) is 2.72. The monoisotopic (exact) mass is 329 g/mol. The molecule has 0 radical (unpaired) electrons. The molecule has 0 aromatic heterocycles. The summed E-state index contributed by atoms with van der Waals surface area (Å²) in [5.74, 6) is -0.975. The van der Waals surface area contributed by atoms with E-state index >= 15 is 0 Å². The van der Waals surface area contributed by atoms with Gasteiger partial charge >= 0.3 is 5.97 Å². The molecule has 0 saturated heterocycles. The summed E-state index contributed by atoms with van der Waals surface area (Å²) >= 11 is 3.48. The molecule has 2 rings (SSSR count). The highest BCUT2D eigenvalue weighted by atomic mass is 79.9. The molecule has 2 aromatic rings. The molecule has 0 aliphatic rings. The van der Waals surface area contributed by atoms with Gasteiger partial charge in [-0.1, -0.05) is 46.3 Å². The third-order valence-corrected chi connectivity index (χ3v) is 3.41. The molecule has 0 amide bonds. The van der Waals surface area contributed by atoms with Gasteiger partial charge in [-0.3, -0.25) is 4.79 Å². The molecule has 3 nitrogen and oxygen atoms in total. The second kappa shape index (κ2) is 6.18. The minimum absolute atomic E-state index is 0.